The van der Waals surface area contributed by atoms with Crippen molar-refractivity contribution in [1.29, 1.82) is 0 Å². The third-order valence-corrected chi connectivity index (χ3v) is 5.24. The Labute approximate surface area is 145 Å². The highest BCUT2D eigenvalue weighted by Crippen LogP contribution is 2.29. The monoisotopic (exact) mass is 334 g/mol. The maximum absolute atomic E-state index is 5.48. The van der Waals surface area contributed by atoms with E-state index in [0.717, 1.165) is 39.2 Å². The average Bonchev–Trinajstić information content (AvgIpc) is 2.94. The van der Waals surface area contributed by atoms with Crippen LogP contribution in [-0.2, 0) is 6.42 Å². The second-order valence-corrected chi connectivity index (χ2v) is 7.26. The first-order valence-corrected chi connectivity index (χ1v) is 8.74. The summed E-state index contributed by atoms with van der Waals surface area (Å²) < 4.78 is 6.73. The van der Waals surface area contributed by atoms with Crippen molar-refractivity contribution >= 4 is 32.5 Å². The molecule has 2 aromatic heterocycles. The average molecular weight is 334 g/mol. The molecular weight excluding hydrogens is 316 g/mol. The van der Waals surface area contributed by atoms with E-state index in [2.05, 4.69) is 53.3 Å². The number of rotatable bonds is 3. The normalized spacial score (nSPS) is 11.3. The fourth-order valence-corrected chi connectivity index (χ4v) is 4.01. The number of hydrogen-bond acceptors (Lipinski definition) is 4. The Balaban J connectivity index is 1.80. The lowest BCUT2D eigenvalue weighted by atomic mass is 10.00. The molecule has 24 heavy (non-hydrogen) atoms. The number of nitrogens with zero attached hydrogens (tertiary/aromatic N) is 2. The zero-order valence-electron chi connectivity index (χ0n) is 14.0. The van der Waals surface area contributed by atoms with E-state index in [4.69, 9.17) is 4.74 Å². The lowest BCUT2D eigenvalue weighted by molar-refractivity contribution is 0.412. The summed E-state index contributed by atoms with van der Waals surface area (Å²) in [5.74, 6) is 0.908. The minimum atomic E-state index is 0.873. The van der Waals surface area contributed by atoms with Crippen molar-refractivity contribution in [3.8, 4) is 5.75 Å². The summed E-state index contributed by atoms with van der Waals surface area (Å²) in [5, 5.41) is 2.26. The van der Waals surface area contributed by atoms with Gasteiger partial charge >= 0.3 is 0 Å². The molecule has 4 heteroatoms. The first kappa shape index (κ1) is 15.1. The zero-order valence-corrected chi connectivity index (χ0v) is 14.8. The molecule has 3 nitrogen and oxygen atoms in total. The van der Waals surface area contributed by atoms with Crippen LogP contribution in [0.3, 0.4) is 0 Å². The molecule has 4 aromatic rings. The predicted octanol–water partition coefficient (Wildman–Crippen LogP) is 5.06. The Morgan fingerprint density at radius 2 is 1.92 bits per heavy atom. The van der Waals surface area contributed by atoms with Crippen LogP contribution in [-0.4, -0.2) is 17.1 Å². The van der Waals surface area contributed by atoms with Crippen molar-refractivity contribution in [2.24, 2.45) is 0 Å². The van der Waals surface area contributed by atoms with E-state index in [1.807, 2.05) is 13.1 Å². The highest BCUT2D eigenvalue weighted by Gasteiger charge is 2.09. The zero-order chi connectivity index (χ0) is 16.7. The lowest BCUT2D eigenvalue weighted by Gasteiger charge is -2.10. The molecule has 0 saturated heterocycles. The number of benzene rings is 2. The topological polar surface area (TPSA) is 35.0 Å². The van der Waals surface area contributed by atoms with E-state index in [1.165, 1.54) is 15.8 Å². The van der Waals surface area contributed by atoms with Gasteiger partial charge in [0, 0.05) is 11.6 Å². The van der Waals surface area contributed by atoms with E-state index in [9.17, 15) is 0 Å². The van der Waals surface area contributed by atoms with Crippen LogP contribution in [0.25, 0.3) is 21.1 Å². The number of pyridine rings is 1. The summed E-state index contributed by atoms with van der Waals surface area (Å²) in [6.07, 6.45) is 2.76. The van der Waals surface area contributed by atoms with Gasteiger partial charge in [0.25, 0.3) is 0 Å². The summed E-state index contributed by atoms with van der Waals surface area (Å²) in [7, 11) is 1.71. The van der Waals surface area contributed by atoms with Gasteiger partial charge in [-0.1, -0.05) is 6.07 Å². The van der Waals surface area contributed by atoms with Crippen molar-refractivity contribution in [3.63, 3.8) is 0 Å². The minimum Gasteiger partial charge on any atom is -0.496 e. The number of fused-ring (bicyclic) bond motifs is 2. The van der Waals surface area contributed by atoms with Gasteiger partial charge in [-0.3, -0.25) is 4.98 Å². The van der Waals surface area contributed by atoms with Crippen molar-refractivity contribution < 1.29 is 4.74 Å². The Kier molecular flexibility index (Phi) is 3.69. The van der Waals surface area contributed by atoms with Crippen LogP contribution in [0.2, 0.25) is 0 Å². The van der Waals surface area contributed by atoms with Gasteiger partial charge in [0.15, 0.2) is 0 Å². The Hall–Kier alpha value is -2.46. The summed E-state index contributed by atoms with van der Waals surface area (Å²) in [6.45, 7) is 4.10. The van der Waals surface area contributed by atoms with Gasteiger partial charge in [0.05, 0.1) is 27.9 Å². The van der Waals surface area contributed by atoms with E-state index >= 15 is 0 Å². The molecule has 0 aliphatic carbocycles. The van der Waals surface area contributed by atoms with Crippen molar-refractivity contribution in [2.75, 3.05) is 7.11 Å². The van der Waals surface area contributed by atoms with Crippen molar-refractivity contribution in [3.05, 3.63) is 64.3 Å². The Bertz CT molecular complexity index is 1050. The van der Waals surface area contributed by atoms with Crippen LogP contribution in [0.4, 0.5) is 0 Å². The largest absolute Gasteiger partial charge is 0.496 e. The molecule has 0 aliphatic rings. The third kappa shape index (κ3) is 2.63. The number of methoxy groups -OCH3 is 1. The SMILES string of the molecule is COc1cc2c(Cc3ccc4nc(C)sc4c3)ccnc2cc1C. The van der Waals surface area contributed by atoms with Gasteiger partial charge in [-0.15, -0.1) is 11.3 Å². The number of ether oxygens (including phenoxy) is 1. The Morgan fingerprint density at radius 1 is 1.04 bits per heavy atom. The molecule has 0 spiro atoms. The van der Waals surface area contributed by atoms with E-state index < -0.39 is 0 Å². The molecule has 4 rings (SSSR count). The maximum atomic E-state index is 5.48. The first-order chi connectivity index (χ1) is 11.6. The van der Waals surface area contributed by atoms with Crippen LogP contribution < -0.4 is 4.74 Å². The highest BCUT2D eigenvalue weighted by atomic mass is 32.1. The van der Waals surface area contributed by atoms with Gasteiger partial charge in [-0.2, -0.15) is 0 Å². The molecule has 0 saturated carbocycles. The number of hydrogen-bond donors (Lipinski definition) is 0. The second kappa shape index (κ2) is 5.87. The molecule has 120 valence electrons. The third-order valence-electron chi connectivity index (χ3n) is 4.30. The molecule has 0 N–H and O–H groups in total. The molecule has 0 amide bonds. The number of thiazole rings is 1. The van der Waals surface area contributed by atoms with Crippen LogP contribution in [0.1, 0.15) is 21.7 Å². The fraction of sp³-hybridized carbons (Fsp3) is 0.200. The van der Waals surface area contributed by atoms with Crippen LogP contribution >= 0.6 is 11.3 Å². The van der Waals surface area contributed by atoms with Crippen LogP contribution in [0.5, 0.6) is 5.75 Å². The van der Waals surface area contributed by atoms with Gasteiger partial charge in [0.1, 0.15) is 5.75 Å². The van der Waals surface area contributed by atoms with E-state index in [0.29, 0.717) is 0 Å². The van der Waals surface area contributed by atoms with Gasteiger partial charge in [0.2, 0.25) is 0 Å². The minimum absolute atomic E-state index is 0.873. The lowest BCUT2D eigenvalue weighted by Crippen LogP contribution is -1.94. The molecule has 0 radical (unpaired) electrons. The van der Waals surface area contributed by atoms with Crippen LogP contribution in [0.15, 0.2) is 42.6 Å². The molecule has 0 unspecified atom stereocenters. The standard InChI is InChI=1S/C20H18N2OS/c1-12-8-18-16(11-19(12)23-3)15(6-7-21-18)9-14-4-5-17-20(10-14)24-13(2)22-17/h4-8,10-11H,9H2,1-3H3. The highest BCUT2D eigenvalue weighted by molar-refractivity contribution is 7.18. The molecule has 2 aromatic carbocycles. The summed E-state index contributed by atoms with van der Waals surface area (Å²) >= 11 is 1.75. The second-order valence-electron chi connectivity index (χ2n) is 6.02. The fourth-order valence-electron chi connectivity index (χ4n) is 3.12. The van der Waals surface area contributed by atoms with Crippen molar-refractivity contribution in [2.45, 2.75) is 20.3 Å². The quantitative estimate of drug-likeness (QED) is 0.525. The van der Waals surface area contributed by atoms with Gasteiger partial charge < -0.3 is 4.74 Å². The van der Waals surface area contributed by atoms with Crippen molar-refractivity contribution in [1.82, 2.24) is 9.97 Å². The maximum Gasteiger partial charge on any atom is 0.122 e. The molecule has 0 aliphatic heterocycles. The molecule has 0 atom stereocenters. The van der Waals surface area contributed by atoms with Gasteiger partial charge in [-0.05, 0) is 67.3 Å². The predicted molar refractivity (Wildman–Crippen MR) is 100 cm³/mol. The van der Waals surface area contributed by atoms with Gasteiger partial charge in [-0.25, -0.2) is 4.98 Å². The smallest absolute Gasteiger partial charge is 0.122 e. The summed E-state index contributed by atoms with van der Waals surface area (Å²) in [6, 6.07) is 12.8. The van der Waals surface area contributed by atoms with Crippen LogP contribution in [0, 0.1) is 13.8 Å². The summed E-state index contributed by atoms with van der Waals surface area (Å²) in [5.41, 5.74) is 5.76. The first-order valence-electron chi connectivity index (χ1n) is 7.92. The molecule has 2 heterocycles. The number of aromatic nitrogens is 2. The molecular formula is C20H18N2OS. The summed E-state index contributed by atoms with van der Waals surface area (Å²) in [4.78, 5) is 9.05. The number of aryl methyl sites for hydroxylation is 2. The molecule has 0 fully saturated rings. The van der Waals surface area contributed by atoms with E-state index in [-0.39, 0.29) is 0 Å². The Morgan fingerprint density at radius 3 is 2.75 bits per heavy atom. The van der Waals surface area contributed by atoms with E-state index in [1.54, 1.807) is 18.4 Å². The molecule has 0 bridgehead atoms.